The number of carbonyl (C=O) groups excluding carboxylic acids is 1. The molecule has 0 radical (unpaired) electrons. The van der Waals surface area contributed by atoms with E-state index in [1.165, 1.54) is 17.3 Å². The number of thioether (sulfide) groups is 2. The van der Waals surface area contributed by atoms with E-state index in [9.17, 15) is 4.79 Å². The van der Waals surface area contributed by atoms with Crippen LogP contribution in [0.1, 0.15) is 12.5 Å². The fourth-order valence-corrected chi connectivity index (χ4v) is 2.62. The summed E-state index contributed by atoms with van der Waals surface area (Å²) in [5.41, 5.74) is 1.32. The SMILES string of the molecule is CC(=O)SCSCc1ccccc1. The van der Waals surface area contributed by atoms with E-state index in [1.54, 1.807) is 18.7 Å². The van der Waals surface area contributed by atoms with Crippen molar-refractivity contribution in [2.24, 2.45) is 0 Å². The number of rotatable bonds is 4. The van der Waals surface area contributed by atoms with E-state index in [4.69, 9.17) is 0 Å². The molecule has 0 aromatic heterocycles. The summed E-state index contributed by atoms with van der Waals surface area (Å²) in [4.78, 5) is 10.6. The molecule has 0 spiro atoms. The zero-order valence-electron chi connectivity index (χ0n) is 7.53. The maximum Gasteiger partial charge on any atom is 0.186 e. The number of hydrogen-bond donors (Lipinski definition) is 0. The van der Waals surface area contributed by atoms with Gasteiger partial charge in [0.15, 0.2) is 5.12 Å². The van der Waals surface area contributed by atoms with Gasteiger partial charge in [-0.15, -0.1) is 11.8 Å². The Morgan fingerprint density at radius 1 is 1.31 bits per heavy atom. The second-order valence-corrected chi connectivity index (χ2v) is 5.09. The zero-order chi connectivity index (χ0) is 9.52. The lowest BCUT2D eigenvalue weighted by atomic mass is 10.2. The minimum absolute atomic E-state index is 0.195. The van der Waals surface area contributed by atoms with Gasteiger partial charge >= 0.3 is 0 Å². The molecule has 70 valence electrons. The van der Waals surface area contributed by atoms with Gasteiger partial charge in [0.1, 0.15) is 0 Å². The highest BCUT2D eigenvalue weighted by molar-refractivity contribution is 8.23. The maximum atomic E-state index is 10.6. The van der Waals surface area contributed by atoms with E-state index >= 15 is 0 Å². The summed E-state index contributed by atoms with van der Waals surface area (Å²) in [6.45, 7) is 1.60. The fraction of sp³-hybridized carbons (Fsp3) is 0.300. The number of benzene rings is 1. The largest absolute Gasteiger partial charge is 0.288 e. The third-order valence-electron chi connectivity index (χ3n) is 1.46. The Morgan fingerprint density at radius 3 is 2.62 bits per heavy atom. The monoisotopic (exact) mass is 212 g/mol. The number of hydrogen-bond acceptors (Lipinski definition) is 3. The van der Waals surface area contributed by atoms with Crippen LogP contribution in [0, 0.1) is 0 Å². The van der Waals surface area contributed by atoms with Crippen molar-refractivity contribution in [2.45, 2.75) is 12.7 Å². The van der Waals surface area contributed by atoms with E-state index in [0.29, 0.717) is 0 Å². The highest BCUT2D eigenvalue weighted by Gasteiger charge is 1.95. The van der Waals surface area contributed by atoms with E-state index in [1.807, 2.05) is 18.2 Å². The highest BCUT2D eigenvalue weighted by atomic mass is 32.2. The summed E-state index contributed by atoms with van der Waals surface area (Å²) < 4.78 is 0. The van der Waals surface area contributed by atoms with Gasteiger partial charge in [0.2, 0.25) is 0 Å². The van der Waals surface area contributed by atoms with Crippen LogP contribution < -0.4 is 0 Å². The molecule has 13 heavy (non-hydrogen) atoms. The third-order valence-corrected chi connectivity index (χ3v) is 3.54. The van der Waals surface area contributed by atoms with Crippen LogP contribution in [0.5, 0.6) is 0 Å². The van der Waals surface area contributed by atoms with Crippen LogP contribution in [-0.2, 0) is 10.5 Å². The lowest BCUT2D eigenvalue weighted by Gasteiger charge is -1.99. The first-order valence-corrected chi connectivity index (χ1v) is 6.18. The van der Waals surface area contributed by atoms with Crippen LogP contribution in [-0.4, -0.2) is 10.2 Å². The molecule has 1 nitrogen and oxygen atoms in total. The van der Waals surface area contributed by atoms with Crippen LogP contribution in [0.2, 0.25) is 0 Å². The van der Waals surface area contributed by atoms with Gasteiger partial charge in [-0.3, -0.25) is 4.79 Å². The maximum absolute atomic E-state index is 10.6. The normalized spacial score (nSPS) is 9.92. The minimum atomic E-state index is 0.195. The quantitative estimate of drug-likeness (QED) is 0.564. The third kappa shape index (κ3) is 5.01. The Kier molecular flexibility index (Phi) is 5.01. The Balaban J connectivity index is 2.17. The lowest BCUT2D eigenvalue weighted by molar-refractivity contribution is -0.109. The van der Waals surface area contributed by atoms with Crippen LogP contribution in [0.3, 0.4) is 0 Å². The Bertz CT molecular complexity index is 259. The first-order valence-electron chi connectivity index (χ1n) is 4.04. The zero-order valence-corrected chi connectivity index (χ0v) is 9.16. The topological polar surface area (TPSA) is 17.1 Å². The summed E-state index contributed by atoms with van der Waals surface area (Å²) in [7, 11) is 0. The lowest BCUT2D eigenvalue weighted by Crippen LogP contribution is -1.83. The van der Waals surface area contributed by atoms with E-state index in [-0.39, 0.29) is 5.12 Å². The molecule has 0 aliphatic carbocycles. The van der Waals surface area contributed by atoms with Gasteiger partial charge in [-0.05, 0) is 5.56 Å². The summed E-state index contributed by atoms with van der Waals surface area (Å²) in [5, 5.41) is 1.05. The molecule has 0 aliphatic rings. The van der Waals surface area contributed by atoms with Gasteiger partial charge in [-0.25, -0.2) is 0 Å². The predicted molar refractivity (Wildman–Crippen MR) is 60.9 cm³/mol. The summed E-state index contributed by atoms with van der Waals surface area (Å²) in [6.07, 6.45) is 0. The van der Waals surface area contributed by atoms with Gasteiger partial charge in [0.05, 0.1) is 0 Å². The molecule has 0 saturated heterocycles. The van der Waals surface area contributed by atoms with Gasteiger partial charge in [0.25, 0.3) is 0 Å². The van der Waals surface area contributed by atoms with Crippen molar-refractivity contribution in [3.05, 3.63) is 35.9 Å². The van der Waals surface area contributed by atoms with Crippen molar-refractivity contribution >= 4 is 28.6 Å². The molecule has 1 rings (SSSR count). The first kappa shape index (κ1) is 10.7. The highest BCUT2D eigenvalue weighted by Crippen LogP contribution is 2.17. The van der Waals surface area contributed by atoms with Crippen molar-refractivity contribution in [2.75, 3.05) is 5.08 Å². The molecule has 0 atom stereocenters. The predicted octanol–water partition coefficient (Wildman–Crippen LogP) is 3.16. The van der Waals surface area contributed by atoms with Crippen molar-refractivity contribution in [3.8, 4) is 0 Å². The van der Waals surface area contributed by atoms with E-state index < -0.39 is 0 Å². The first-order chi connectivity index (χ1) is 6.29. The smallest absolute Gasteiger partial charge is 0.186 e. The summed E-state index contributed by atoms with van der Waals surface area (Å²) in [6, 6.07) is 10.3. The molecule has 0 unspecified atom stereocenters. The molecule has 0 fully saturated rings. The minimum Gasteiger partial charge on any atom is -0.288 e. The molecule has 3 heteroatoms. The molecular weight excluding hydrogens is 200 g/mol. The molecular formula is C10H12OS2. The van der Waals surface area contributed by atoms with Crippen molar-refractivity contribution < 1.29 is 4.79 Å². The molecule has 0 N–H and O–H groups in total. The molecule has 1 aromatic rings. The Morgan fingerprint density at radius 2 is 2.00 bits per heavy atom. The second kappa shape index (κ2) is 6.11. The van der Waals surface area contributed by atoms with Gasteiger partial charge in [-0.2, -0.15) is 0 Å². The van der Waals surface area contributed by atoms with Crippen molar-refractivity contribution in [1.29, 1.82) is 0 Å². The summed E-state index contributed by atoms with van der Waals surface area (Å²) in [5.74, 6) is 0.987. The van der Waals surface area contributed by atoms with Crippen LogP contribution in [0.25, 0.3) is 0 Å². The summed E-state index contributed by atoms with van der Waals surface area (Å²) >= 11 is 3.15. The molecule has 0 amide bonds. The van der Waals surface area contributed by atoms with Crippen LogP contribution >= 0.6 is 23.5 Å². The Labute approximate surface area is 87.3 Å². The van der Waals surface area contributed by atoms with Crippen LogP contribution in [0.15, 0.2) is 30.3 Å². The second-order valence-electron chi connectivity index (χ2n) is 2.59. The van der Waals surface area contributed by atoms with E-state index in [0.717, 1.165) is 10.8 Å². The van der Waals surface area contributed by atoms with Gasteiger partial charge < -0.3 is 0 Å². The molecule has 1 aromatic carbocycles. The fourth-order valence-electron chi connectivity index (χ4n) is 0.858. The standard InChI is InChI=1S/C10H12OS2/c1-9(11)13-8-12-7-10-5-3-2-4-6-10/h2-6H,7-8H2,1H3. The van der Waals surface area contributed by atoms with Gasteiger partial charge in [0, 0.05) is 17.8 Å². The molecule has 0 bridgehead atoms. The molecule has 0 aliphatic heterocycles. The number of carbonyl (C=O) groups is 1. The molecule has 0 saturated carbocycles. The van der Waals surface area contributed by atoms with Crippen LogP contribution in [0.4, 0.5) is 0 Å². The van der Waals surface area contributed by atoms with Crippen molar-refractivity contribution in [1.82, 2.24) is 0 Å². The Hall–Kier alpha value is -0.410. The average Bonchev–Trinajstić information content (AvgIpc) is 2.14. The van der Waals surface area contributed by atoms with Gasteiger partial charge in [-0.1, -0.05) is 42.1 Å². The van der Waals surface area contributed by atoms with Crippen molar-refractivity contribution in [3.63, 3.8) is 0 Å². The molecule has 0 heterocycles. The average molecular weight is 212 g/mol. The van der Waals surface area contributed by atoms with E-state index in [2.05, 4.69) is 12.1 Å².